The molecule has 128 heavy (non-hydrogen) atoms. The Hall–Kier alpha value is -11.8. The van der Waals surface area contributed by atoms with E-state index in [0.717, 1.165) is 227 Å². The third-order valence-corrected chi connectivity index (χ3v) is 26.5. The second-order valence-electron chi connectivity index (χ2n) is 35.3. The van der Waals surface area contributed by atoms with Crippen LogP contribution >= 0.6 is 22.6 Å². The van der Waals surface area contributed by atoms with Crippen LogP contribution < -0.4 is 34.4 Å². The van der Waals surface area contributed by atoms with Crippen molar-refractivity contribution in [3.63, 3.8) is 0 Å². The molecule has 8 aromatic heterocycles. The van der Waals surface area contributed by atoms with E-state index in [9.17, 15) is 0 Å². The zero-order chi connectivity index (χ0) is 88.1. The number of aliphatic hydroxyl groups excluding tert-OH is 1. The molecule has 0 atom stereocenters. The van der Waals surface area contributed by atoms with Gasteiger partial charge in [0.1, 0.15) is 54.7 Å². The molecule has 3 aliphatic carbocycles. The first kappa shape index (κ1) is 86.9. The van der Waals surface area contributed by atoms with Gasteiger partial charge in [0.05, 0.1) is 86.5 Å². The van der Waals surface area contributed by atoms with Crippen molar-refractivity contribution >= 4 is 80.1 Å². The molecular weight excluding hydrogens is 1710 g/mol. The van der Waals surface area contributed by atoms with Crippen LogP contribution in [0.15, 0.2) is 279 Å². The Labute approximate surface area is 762 Å². The molecule has 0 unspecified atom stereocenters. The van der Waals surface area contributed by atoms with Crippen LogP contribution in [0.5, 0.6) is 17.6 Å². The summed E-state index contributed by atoms with van der Waals surface area (Å²) in [5.74, 6) is 4.85. The monoisotopic (exact) mass is 1820 g/mol. The lowest BCUT2D eigenvalue weighted by Crippen LogP contribution is -2.41. The number of benzene rings is 6. The number of aliphatic hydroxyl groups is 1. The fourth-order valence-electron chi connectivity index (χ4n) is 17.1. The number of nitrogens with zero attached hydrogens (tertiary/aromatic N) is 14. The molecule has 6 aromatic carbocycles. The summed E-state index contributed by atoms with van der Waals surface area (Å²) in [6, 6.07) is 82.2. The number of ether oxygens (including phenoxy) is 6. The number of fused-ring (bicyclic) bond motifs is 3. The van der Waals surface area contributed by atoms with Crippen LogP contribution in [0.25, 0.3) is 33.1 Å². The molecule has 0 bridgehead atoms. The van der Waals surface area contributed by atoms with E-state index in [1.165, 1.54) is 0 Å². The van der Waals surface area contributed by atoms with Crippen LogP contribution in [0.4, 0.5) is 17.5 Å². The number of pyridine rings is 6. The molecule has 0 spiro atoms. The quantitative estimate of drug-likeness (QED) is 0.0425. The van der Waals surface area contributed by atoms with Gasteiger partial charge < -0.3 is 57.5 Å². The van der Waals surface area contributed by atoms with E-state index in [1.54, 1.807) is 0 Å². The Kier molecular flexibility index (Phi) is 25.2. The highest BCUT2D eigenvalue weighted by Crippen LogP contribution is 2.49. The molecule has 4 saturated heterocycles. The topological polar surface area (TPSA) is 229 Å². The van der Waals surface area contributed by atoms with E-state index in [2.05, 4.69) is 322 Å². The van der Waals surface area contributed by atoms with Crippen LogP contribution in [0.2, 0.25) is 0 Å². The zero-order valence-electron chi connectivity index (χ0n) is 73.8. The second-order valence-corrected chi connectivity index (χ2v) is 36.3. The van der Waals surface area contributed by atoms with E-state index in [0.29, 0.717) is 37.4 Å². The maximum atomic E-state index is 7.00. The molecule has 7 fully saturated rings. The average Bonchev–Trinajstić information content (AvgIpc) is 1.50. The summed E-state index contributed by atoms with van der Waals surface area (Å²) >= 11 is 2.33. The van der Waals surface area contributed by atoms with Gasteiger partial charge in [0.25, 0.3) is 0 Å². The van der Waals surface area contributed by atoms with Crippen LogP contribution in [-0.2, 0) is 41.1 Å². The predicted octanol–water partition coefficient (Wildman–Crippen LogP) is 17.3. The zero-order valence-corrected chi connectivity index (χ0v) is 76.0. The Balaban J connectivity index is 0.000000119. The Bertz CT molecular complexity index is 5980. The number of rotatable bonds is 20. The Morgan fingerprint density at radius 2 is 0.727 bits per heavy atom. The van der Waals surface area contributed by atoms with Crippen molar-refractivity contribution in [1.29, 1.82) is 0 Å². The van der Waals surface area contributed by atoms with E-state index >= 15 is 0 Å². The third kappa shape index (κ3) is 18.2. The molecule has 0 amide bonds. The first-order valence-corrected chi connectivity index (χ1v) is 45.5. The molecule has 14 aromatic rings. The van der Waals surface area contributed by atoms with Crippen LogP contribution in [0, 0.1) is 3.70 Å². The minimum Gasteiger partial charge on any atom is -0.471 e. The average molecular weight is 1820 g/mol. The van der Waals surface area contributed by atoms with E-state index in [4.69, 9.17) is 73.0 Å². The lowest BCUT2D eigenvalue weighted by molar-refractivity contribution is 0.00578. The standard InChI is InChI=1S/C38H35N5O2.C29H24IN3O.C20H22N4O2.C15H23BN2O3.CH4O/c1-37(18-19-37)45-35-26-32-33(27-40-35)43(41-36(32)28-17-20-39-34(25-28)42-21-23-44-24-22-42)38(29-11-5-2-6-12-29,30-13-7-3-8-14-30)31-15-9-4-10-16-31;1-28(17-18-28)34-26-19-24-25(20-31-26)33(32-27(24)30)29(21-11-5-2-6-12-21,22-13-7-3-8-14-22)23-15-9-4-10-16-23;1-20(3-4-20)26-18-11-16-15(12-22-18)13-23-19(16)14-2-5-21-17(10-14)24-6-8-25-9-7-24;1-14(2)15(3,4)21-16(20-14)12-5-6-17-13(11-12)18-7-9-19-10-8-18;1-2/h2-17,20,25-27H,18-19,21-24H2,1H3;2-16,19-20H,17-18H2,1H3;2,5,10-12H,3-4,6-9,13H2,1H3;5-6,11H,7-10H2,1-4H3;2H,1H3. The number of halogens is 1. The first-order valence-electron chi connectivity index (χ1n) is 44.4. The van der Waals surface area contributed by atoms with Crippen molar-refractivity contribution in [3.05, 3.63) is 328 Å². The molecule has 3 saturated carbocycles. The lowest BCUT2D eigenvalue weighted by Gasteiger charge is -2.37. The summed E-state index contributed by atoms with van der Waals surface area (Å²) in [7, 11) is 0.665. The van der Waals surface area contributed by atoms with Gasteiger partial charge in [-0.1, -0.05) is 182 Å². The molecule has 13 heterocycles. The minimum absolute atomic E-state index is 0.0304. The lowest BCUT2D eigenvalue weighted by atomic mass is 9.77. The summed E-state index contributed by atoms with van der Waals surface area (Å²) < 4.78 is 52.5. The number of hydrogen-bond donors (Lipinski definition) is 1. The summed E-state index contributed by atoms with van der Waals surface area (Å²) in [6.45, 7) is 24.9. The number of anilines is 3. The van der Waals surface area contributed by atoms with Gasteiger partial charge in [-0.2, -0.15) is 10.2 Å². The second kappa shape index (κ2) is 37.1. The van der Waals surface area contributed by atoms with Crippen molar-refractivity contribution in [2.24, 2.45) is 4.99 Å². The smallest absolute Gasteiger partial charge is 0.471 e. The molecule has 25 heteroatoms. The molecule has 1 N–H and O–H groups in total. The van der Waals surface area contributed by atoms with Gasteiger partial charge in [0, 0.05) is 122 Å². The van der Waals surface area contributed by atoms with E-state index in [-0.39, 0.29) is 35.1 Å². The largest absolute Gasteiger partial charge is 0.495 e. The highest BCUT2D eigenvalue weighted by atomic mass is 127. The first-order chi connectivity index (χ1) is 62.3. The van der Waals surface area contributed by atoms with Crippen LogP contribution in [-0.4, -0.2) is 181 Å². The summed E-state index contributed by atoms with van der Waals surface area (Å²) in [6.07, 6.45) is 17.7. The minimum atomic E-state index is -0.785. The summed E-state index contributed by atoms with van der Waals surface area (Å²) in [5.41, 5.74) is 13.5. The fraction of sp³-hybridized carbons (Fsp3) is 0.330. The molecule has 23 nitrogen and oxygen atoms in total. The van der Waals surface area contributed by atoms with Crippen molar-refractivity contribution in [2.75, 3.05) is 101 Å². The number of hydrogen-bond acceptors (Lipinski definition) is 21. The highest BCUT2D eigenvalue weighted by Gasteiger charge is 2.52. The SMILES string of the molecule is CC1(C)OB(c2ccnc(N3CCOCC3)c2)OC1(C)C.CC1(Oc2cc3c(-c4ccnc(N5CCOCC5)c4)nn(C(c4ccccc4)(c4ccccc4)c4ccccc4)c3cn2)CC1.CC1(Oc2cc3c(I)nn(C(c4ccccc4)(c4ccccc4)c4ccccc4)c3cn2)CC1.CC1(Oc2cc3c(cn2)CN=C3c2ccnc(N3CCOCC3)c2)CC1.CO. The molecule has 0 radical (unpaired) electrons. The molecular formula is C103H108BIN14O9. The van der Waals surface area contributed by atoms with E-state index in [1.807, 2.05) is 61.4 Å². The normalized spacial score (nSPS) is 17.8. The molecule has 5 aliphatic heterocycles. The Morgan fingerprint density at radius 1 is 0.383 bits per heavy atom. The highest BCUT2D eigenvalue weighted by molar-refractivity contribution is 14.1. The van der Waals surface area contributed by atoms with Crippen molar-refractivity contribution in [1.82, 2.24) is 49.5 Å². The van der Waals surface area contributed by atoms with Crippen molar-refractivity contribution in [2.45, 2.75) is 133 Å². The van der Waals surface area contributed by atoms with Gasteiger partial charge in [-0.3, -0.25) is 4.99 Å². The Morgan fingerprint density at radius 3 is 1.13 bits per heavy atom. The van der Waals surface area contributed by atoms with Crippen molar-refractivity contribution < 1.29 is 42.8 Å². The summed E-state index contributed by atoms with van der Waals surface area (Å²) in [4.78, 5) is 39.3. The number of morpholine rings is 3. The summed E-state index contributed by atoms with van der Waals surface area (Å²) in [5, 5.41) is 19.7. The molecule has 22 rings (SSSR count). The van der Waals surface area contributed by atoms with Gasteiger partial charge >= 0.3 is 7.12 Å². The maximum absolute atomic E-state index is 7.00. The van der Waals surface area contributed by atoms with Gasteiger partial charge in [0.15, 0.2) is 0 Å². The van der Waals surface area contributed by atoms with Crippen LogP contribution in [0.3, 0.4) is 0 Å². The number of aliphatic imine (C=N–C) groups is 1. The number of aromatic nitrogens is 10. The van der Waals surface area contributed by atoms with Gasteiger partial charge in [-0.15, -0.1) is 0 Å². The van der Waals surface area contributed by atoms with Gasteiger partial charge in [-0.25, -0.2) is 39.3 Å². The van der Waals surface area contributed by atoms with Gasteiger partial charge in [0.2, 0.25) is 17.6 Å². The molecule has 654 valence electrons. The fourth-order valence-corrected chi connectivity index (χ4v) is 17.8. The maximum Gasteiger partial charge on any atom is 0.495 e. The third-order valence-electron chi connectivity index (χ3n) is 25.7. The molecule has 8 aliphatic rings. The van der Waals surface area contributed by atoms with Crippen LogP contribution in [0.1, 0.15) is 137 Å². The van der Waals surface area contributed by atoms with Crippen molar-refractivity contribution in [3.8, 4) is 28.9 Å². The van der Waals surface area contributed by atoms with E-state index < -0.39 is 11.1 Å². The predicted molar refractivity (Wildman–Crippen MR) is 510 cm³/mol. The van der Waals surface area contributed by atoms with Gasteiger partial charge in [-0.05, 0) is 185 Å².